The predicted molar refractivity (Wildman–Crippen MR) is 110 cm³/mol. The van der Waals surface area contributed by atoms with Gasteiger partial charge in [0.1, 0.15) is 6.04 Å². The fourth-order valence-electron chi connectivity index (χ4n) is 4.06. The summed E-state index contributed by atoms with van der Waals surface area (Å²) in [5.74, 6) is 0.452. The van der Waals surface area contributed by atoms with Gasteiger partial charge in [0.25, 0.3) is 5.91 Å². The first-order chi connectivity index (χ1) is 14.5. The Morgan fingerprint density at radius 2 is 2.00 bits per heavy atom. The number of benzene rings is 1. The van der Waals surface area contributed by atoms with E-state index < -0.39 is 18.0 Å². The minimum Gasteiger partial charge on any atom is -0.493 e. The fourth-order valence-corrected chi connectivity index (χ4v) is 4.06. The lowest BCUT2D eigenvalue weighted by Gasteiger charge is -2.23. The van der Waals surface area contributed by atoms with E-state index in [-0.39, 0.29) is 18.9 Å². The van der Waals surface area contributed by atoms with Crippen molar-refractivity contribution in [1.29, 1.82) is 0 Å². The van der Waals surface area contributed by atoms with Crippen molar-refractivity contribution in [2.75, 3.05) is 33.9 Å². The number of hydrogen-bond donors (Lipinski definition) is 2. The maximum atomic E-state index is 12.7. The minimum absolute atomic E-state index is 0.0636. The molecule has 2 heterocycles. The Labute approximate surface area is 176 Å². The molecule has 2 aliphatic heterocycles. The Morgan fingerprint density at radius 1 is 1.23 bits per heavy atom. The number of carbonyl (C=O) groups excluding carboxylic acids is 3. The largest absolute Gasteiger partial charge is 0.493 e. The molecule has 1 aromatic carbocycles. The molecule has 2 N–H and O–H groups in total. The van der Waals surface area contributed by atoms with E-state index >= 15 is 0 Å². The van der Waals surface area contributed by atoms with Crippen LogP contribution in [0.2, 0.25) is 0 Å². The lowest BCUT2D eigenvalue weighted by atomic mass is 10.1. The number of imide groups is 1. The number of methoxy groups -OCH3 is 2. The van der Waals surface area contributed by atoms with Crippen LogP contribution in [0.15, 0.2) is 18.2 Å². The third-order valence-electron chi connectivity index (χ3n) is 5.73. The molecule has 30 heavy (non-hydrogen) atoms. The van der Waals surface area contributed by atoms with Crippen LogP contribution in [0.1, 0.15) is 31.7 Å². The lowest BCUT2D eigenvalue weighted by molar-refractivity contribution is -0.131. The second-order valence-corrected chi connectivity index (χ2v) is 7.55. The summed E-state index contributed by atoms with van der Waals surface area (Å²) in [5.41, 5.74) is 0.724. The minimum atomic E-state index is -0.844. The number of nitrogens with zero attached hydrogens (tertiary/aromatic N) is 2. The molecular weight excluding hydrogens is 388 g/mol. The Hall–Kier alpha value is -2.81. The summed E-state index contributed by atoms with van der Waals surface area (Å²) in [6.45, 7) is 4.79. The molecule has 0 spiro atoms. The van der Waals surface area contributed by atoms with Gasteiger partial charge in [-0.05, 0) is 43.6 Å². The first-order valence-electron chi connectivity index (χ1n) is 10.3. The quantitative estimate of drug-likeness (QED) is 0.583. The molecule has 4 amide bonds. The third-order valence-corrected chi connectivity index (χ3v) is 5.73. The molecule has 0 radical (unpaired) electrons. The number of ether oxygens (including phenoxy) is 2. The second-order valence-electron chi connectivity index (χ2n) is 7.55. The van der Waals surface area contributed by atoms with Gasteiger partial charge in [0.15, 0.2) is 11.5 Å². The molecule has 0 aromatic heterocycles. The molecule has 2 atom stereocenters. The van der Waals surface area contributed by atoms with Crippen LogP contribution in [0.4, 0.5) is 4.79 Å². The van der Waals surface area contributed by atoms with E-state index in [0.717, 1.165) is 36.4 Å². The normalized spacial score (nSPS) is 21.6. The van der Waals surface area contributed by atoms with E-state index in [2.05, 4.69) is 22.5 Å². The third kappa shape index (κ3) is 4.84. The monoisotopic (exact) mass is 418 g/mol. The van der Waals surface area contributed by atoms with Crippen LogP contribution in [-0.4, -0.2) is 73.6 Å². The van der Waals surface area contributed by atoms with E-state index in [1.165, 1.54) is 14.2 Å². The SMILES string of the molecule is CCN1CCC[C@@H]1CNC(=O)C[C@H]1NC(=O)N(Cc2ccc(OC)c(OC)c2)C1=O. The van der Waals surface area contributed by atoms with Gasteiger partial charge in [-0.2, -0.15) is 0 Å². The molecule has 3 rings (SSSR count). The number of rotatable bonds is 9. The number of amides is 4. The van der Waals surface area contributed by atoms with Crippen LogP contribution in [0.3, 0.4) is 0 Å². The number of nitrogens with one attached hydrogen (secondary N) is 2. The Morgan fingerprint density at radius 3 is 2.70 bits per heavy atom. The molecule has 0 saturated carbocycles. The smallest absolute Gasteiger partial charge is 0.325 e. The highest BCUT2D eigenvalue weighted by atomic mass is 16.5. The number of carbonyl (C=O) groups is 3. The van der Waals surface area contributed by atoms with Crippen molar-refractivity contribution in [3.8, 4) is 11.5 Å². The zero-order valence-electron chi connectivity index (χ0n) is 17.8. The summed E-state index contributed by atoms with van der Waals surface area (Å²) in [5, 5.41) is 5.52. The Bertz CT molecular complexity index is 800. The average molecular weight is 418 g/mol. The van der Waals surface area contributed by atoms with Crippen molar-refractivity contribution in [3.05, 3.63) is 23.8 Å². The van der Waals surface area contributed by atoms with Gasteiger partial charge in [0.2, 0.25) is 5.91 Å². The van der Waals surface area contributed by atoms with Gasteiger partial charge in [-0.25, -0.2) is 4.79 Å². The maximum Gasteiger partial charge on any atom is 0.325 e. The first kappa shape index (κ1) is 21.9. The molecule has 1 aromatic rings. The summed E-state index contributed by atoms with van der Waals surface area (Å²) in [6.07, 6.45) is 2.13. The average Bonchev–Trinajstić information content (AvgIpc) is 3.31. The molecule has 0 aliphatic carbocycles. The van der Waals surface area contributed by atoms with Gasteiger partial charge in [-0.3, -0.25) is 19.4 Å². The van der Waals surface area contributed by atoms with Crippen LogP contribution >= 0.6 is 0 Å². The summed E-state index contributed by atoms with van der Waals surface area (Å²) >= 11 is 0. The highest BCUT2D eigenvalue weighted by Crippen LogP contribution is 2.28. The van der Waals surface area contributed by atoms with Gasteiger partial charge in [-0.15, -0.1) is 0 Å². The van der Waals surface area contributed by atoms with Crippen LogP contribution in [0.5, 0.6) is 11.5 Å². The van der Waals surface area contributed by atoms with Crippen molar-refractivity contribution in [3.63, 3.8) is 0 Å². The topological polar surface area (TPSA) is 100 Å². The summed E-state index contributed by atoms with van der Waals surface area (Å²) in [7, 11) is 3.06. The number of urea groups is 1. The number of likely N-dealkylation sites (tertiary alicyclic amines) is 1. The molecule has 2 saturated heterocycles. The van der Waals surface area contributed by atoms with Gasteiger partial charge < -0.3 is 20.1 Å². The molecule has 0 bridgehead atoms. The van der Waals surface area contributed by atoms with Crippen LogP contribution in [-0.2, 0) is 16.1 Å². The van der Waals surface area contributed by atoms with Gasteiger partial charge in [-0.1, -0.05) is 13.0 Å². The fraction of sp³-hybridized carbons (Fsp3) is 0.571. The zero-order chi connectivity index (χ0) is 21.7. The molecule has 9 nitrogen and oxygen atoms in total. The Kier molecular flexibility index (Phi) is 7.15. The summed E-state index contributed by atoms with van der Waals surface area (Å²) in [4.78, 5) is 40.8. The van der Waals surface area contributed by atoms with Crippen molar-refractivity contribution in [2.45, 2.75) is 44.8 Å². The van der Waals surface area contributed by atoms with E-state index in [9.17, 15) is 14.4 Å². The van der Waals surface area contributed by atoms with E-state index in [0.29, 0.717) is 24.1 Å². The highest BCUT2D eigenvalue weighted by molar-refractivity contribution is 6.05. The van der Waals surface area contributed by atoms with Gasteiger partial charge >= 0.3 is 6.03 Å². The second kappa shape index (κ2) is 9.80. The molecule has 9 heteroatoms. The van der Waals surface area contributed by atoms with Crippen LogP contribution in [0, 0.1) is 0 Å². The van der Waals surface area contributed by atoms with Crippen molar-refractivity contribution in [1.82, 2.24) is 20.4 Å². The molecule has 0 unspecified atom stereocenters. The van der Waals surface area contributed by atoms with Crippen LogP contribution < -0.4 is 20.1 Å². The van der Waals surface area contributed by atoms with Crippen molar-refractivity contribution < 1.29 is 23.9 Å². The van der Waals surface area contributed by atoms with Gasteiger partial charge in [0, 0.05) is 12.6 Å². The first-order valence-corrected chi connectivity index (χ1v) is 10.3. The number of likely N-dealkylation sites (N-methyl/N-ethyl adjacent to an activating group) is 1. The van der Waals surface area contributed by atoms with Gasteiger partial charge in [0.05, 0.1) is 27.2 Å². The van der Waals surface area contributed by atoms with E-state index in [1.54, 1.807) is 18.2 Å². The summed E-state index contributed by atoms with van der Waals surface area (Å²) < 4.78 is 10.5. The molecule has 2 aliphatic rings. The molecular formula is C21H30N4O5. The lowest BCUT2D eigenvalue weighted by Crippen LogP contribution is -2.42. The zero-order valence-corrected chi connectivity index (χ0v) is 17.8. The van der Waals surface area contributed by atoms with E-state index in [1.807, 2.05) is 0 Å². The highest BCUT2D eigenvalue weighted by Gasteiger charge is 2.39. The van der Waals surface area contributed by atoms with Crippen molar-refractivity contribution in [2.24, 2.45) is 0 Å². The molecule has 2 fully saturated rings. The van der Waals surface area contributed by atoms with Crippen molar-refractivity contribution >= 4 is 17.8 Å². The summed E-state index contributed by atoms with van der Waals surface area (Å²) in [6, 6.07) is 4.21. The van der Waals surface area contributed by atoms with Crippen LogP contribution in [0.25, 0.3) is 0 Å². The van der Waals surface area contributed by atoms with E-state index in [4.69, 9.17) is 9.47 Å². The standard InChI is InChI=1S/C21H30N4O5/c1-4-24-9-5-6-15(24)12-22-19(26)11-16-20(27)25(21(28)23-16)13-14-7-8-17(29-2)18(10-14)30-3/h7-8,10,15-16H,4-6,9,11-13H2,1-3H3,(H,22,26)(H,23,28)/t15-,16-/m1/s1. The maximum absolute atomic E-state index is 12.7. The Balaban J connectivity index is 1.55. The predicted octanol–water partition coefficient (Wildman–Crippen LogP) is 1.11. The molecule has 164 valence electrons. The number of hydrogen-bond acceptors (Lipinski definition) is 6.